The highest BCUT2D eigenvalue weighted by Gasteiger charge is 2.07. The molecule has 0 fully saturated rings. The summed E-state index contributed by atoms with van der Waals surface area (Å²) < 4.78 is 0. The smallest absolute Gasteiger partial charge is 0.230 e. The lowest BCUT2D eigenvalue weighted by atomic mass is 9.97. The zero-order valence-electron chi connectivity index (χ0n) is 12.4. The van der Waals surface area contributed by atoms with Crippen LogP contribution in [0.2, 0.25) is 0 Å². The third kappa shape index (κ3) is 5.75. The third-order valence-electron chi connectivity index (χ3n) is 3.34. The van der Waals surface area contributed by atoms with Gasteiger partial charge in [0.2, 0.25) is 5.91 Å². The van der Waals surface area contributed by atoms with Gasteiger partial charge in [0.15, 0.2) is 5.16 Å². The molecule has 1 aliphatic rings. The molecule has 1 amide bonds. The van der Waals surface area contributed by atoms with Crippen molar-refractivity contribution in [3.05, 3.63) is 23.4 Å². The minimum Gasteiger partial charge on any atom is -0.384 e. The van der Waals surface area contributed by atoms with Crippen LogP contribution >= 0.6 is 11.8 Å². The van der Waals surface area contributed by atoms with E-state index in [1.807, 2.05) is 6.92 Å². The predicted octanol–water partition coefficient (Wildman–Crippen LogP) is 2.47. The Kier molecular flexibility index (Phi) is 6.04. The summed E-state index contributed by atoms with van der Waals surface area (Å²) in [6, 6.07) is 1.71. The number of anilines is 1. The maximum atomic E-state index is 11.8. The van der Waals surface area contributed by atoms with Crippen LogP contribution in [0, 0.1) is 6.92 Å². The number of rotatable bonds is 6. The highest BCUT2D eigenvalue weighted by molar-refractivity contribution is 7.99. The molecule has 3 N–H and O–H groups in total. The first-order valence-electron chi connectivity index (χ1n) is 7.32. The first-order valence-corrected chi connectivity index (χ1v) is 8.30. The van der Waals surface area contributed by atoms with Gasteiger partial charge in [-0.1, -0.05) is 23.4 Å². The second kappa shape index (κ2) is 8.02. The van der Waals surface area contributed by atoms with E-state index in [9.17, 15) is 4.79 Å². The summed E-state index contributed by atoms with van der Waals surface area (Å²) in [4.78, 5) is 20.1. The molecule has 0 saturated heterocycles. The Bertz CT molecular complexity index is 510. The van der Waals surface area contributed by atoms with Crippen LogP contribution in [-0.4, -0.2) is 28.2 Å². The topological polar surface area (TPSA) is 80.9 Å². The van der Waals surface area contributed by atoms with E-state index in [-0.39, 0.29) is 5.91 Å². The van der Waals surface area contributed by atoms with Crippen LogP contribution in [0.15, 0.2) is 22.9 Å². The minimum absolute atomic E-state index is 0.0140. The van der Waals surface area contributed by atoms with Crippen molar-refractivity contribution in [1.82, 2.24) is 15.3 Å². The number of aromatic nitrogens is 2. The van der Waals surface area contributed by atoms with Crippen molar-refractivity contribution < 1.29 is 4.79 Å². The molecule has 0 radical (unpaired) electrons. The fourth-order valence-corrected chi connectivity index (χ4v) is 3.05. The van der Waals surface area contributed by atoms with E-state index in [2.05, 4.69) is 21.4 Å². The predicted molar refractivity (Wildman–Crippen MR) is 86.1 cm³/mol. The van der Waals surface area contributed by atoms with Crippen LogP contribution < -0.4 is 11.1 Å². The monoisotopic (exact) mass is 306 g/mol. The zero-order valence-corrected chi connectivity index (χ0v) is 13.2. The second-order valence-corrected chi connectivity index (χ2v) is 6.16. The average Bonchev–Trinajstić information content (AvgIpc) is 2.45. The van der Waals surface area contributed by atoms with E-state index in [1.54, 1.807) is 6.07 Å². The Balaban J connectivity index is 1.68. The Morgan fingerprint density at radius 2 is 2.29 bits per heavy atom. The number of nitrogens with two attached hydrogens (primary N) is 1. The lowest BCUT2D eigenvalue weighted by Gasteiger charge is -2.12. The van der Waals surface area contributed by atoms with Gasteiger partial charge in [-0.25, -0.2) is 9.97 Å². The largest absolute Gasteiger partial charge is 0.384 e. The number of hydrogen-bond donors (Lipinski definition) is 2. The summed E-state index contributed by atoms with van der Waals surface area (Å²) >= 11 is 1.31. The molecule has 0 aliphatic heterocycles. The third-order valence-corrected chi connectivity index (χ3v) is 4.19. The standard InChI is InChI=1S/C15H22N4OS/c1-11-9-13(16)19-15(18-11)21-10-14(20)17-8-7-12-5-3-2-4-6-12/h5,9H,2-4,6-8,10H2,1H3,(H,17,20)(H2,16,18,19). The number of amides is 1. The fraction of sp³-hybridized carbons (Fsp3) is 0.533. The first kappa shape index (κ1) is 15.8. The van der Waals surface area contributed by atoms with E-state index in [4.69, 9.17) is 5.73 Å². The SMILES string of the molecule is Cc1cc(N)nc(SCC(=O)NCCC2=CCCCC2)n1. The van der Waals surface area contributed by atoms with E-state index >= 15 is 0 Å². The van der Waals surface area contributed by atoms with Gasteiger partial charge < -0.3 is 11.1 Å². The molecule has 2 rings (SSSR count). The van der Waals surface area contributed by atoms with Crippen molar-refractivity contribution >= 4 is 23.5 Å². The molecule has 1 heterocycles. The zero-order chi connectivity index (χ0) is 15.1. The van der Waals surface area contributed by atoms with Gasteiger partial charge in [-0.3, -0.25) is 4.79 Å². The second-order valence-electron chi connectivity index (χ2n) is 5.21. The van der Waals surface area contributed by atoms with Gasteiger partial charge in [0, 0.05) is 18.3 Å². The molecule has 0 bridgehead atoms. The van der Waals surface area contributed by atoms with Crippen LogP contribution in [0.1, 0.15) is 37.8 Å². The van der Waals surface area contributed by atoms with Crippen LogP contribution in [0.4, 0.5) is 5.82 Å². The van der Waals surface area contributed by atoms with Crippen LogP contribution in [0.3, 0.4) is 0 Å². The van der Waals surface area contributed by atoms with E-state index in [0.717, 1.165) is 12.1 Å². The van der Waals surface area contributed by atoms with Crippen LogP contribution in [-0.2, 0) is 4.79 Å². The lowest BCUT2D eigenvalue weighted by molar-refractivity contribution is -0.118. The molecule has 0 saturated carbocycles. The fourth-order valence-electron chi connectivity index (χ4n) is 2.30. The molecular weight excluding hydrogens is 284 g/mol. The Morgan fingerprint density at radius 1 is 1.43 bits per heavy atom. The van der Waals surface area contributed by atoms with Crippen LogP contribution in [0.5, 0.6) is 0 Å². The number of allylic oxidation sites excluding steroid dienone is 1. The average molecular weight is 306 g/mol. The van der Waals surface area contributed by atoms with Crippen molar-refractivity contribution in [1.29, 1.82) is 0 Å². The minimum atomic E-state index is 0.0140. The molecule has 0 spiro atoms. The summed E-state index contributed by atoms with van der Waals surface area (Å²) in [5, 5.41) is 3.50. The van der Waals surface area contributed by atoms with E-state index in [0.29, 0.717) is 23.3 Å². The number of carbonyl (C=O) groups excluding carboxylic acids is 1. The number of nitrogen functional groups attached to an aromatic ring is 1. The van der Waals surface area contributed by atoms with Crippen molar-refractivity contribution in [2.75, 3.05) is 18.0 Å². The molecule has 21 heavy (non-hydrogen) atoms. The molecule has 0 atom stereocenters. The summed E-state index contributed by atoms with van der Waals surface area (Å²) in [6.45, 7) is 2.57. The summed E-state index contributed by atoms with van der Waals surface area (Å²) in [7, 11) is 0. The van der Waals surface area contributed by atoms with Gasteiger partial charge in [-0.05, 0) is 39.0 Å². The Hall–Kier alpha value is -1.56. The summed E-state index contributed by atoms with van der Waals surface area (Å²) in [5.74, 6) is 0.775. The maximum absolute atomic E-state index is 11.8. The number of hydrogen-bond acceptors (Lipinski definition) is 5. The highest BCUT2D eigenvalue weighted by atomic mass is 32.2. The van der Waals surface area contributed by atoms with E-state index in [1.165, 1.54) is 43.0 Å². The summed E-state index contributed by atoms with van der Waals surface area (Å²) in [5.41, 5.74) is 7.95. The Labute approximate surface area is 129 Å². The van der Waals surface area contributed by atoms with Gasteiger partial charge in [-0.15, -0.1) is 0 Å². The first-order chi connectivity index (χ1) is 10.1. The van der Waals surface area contributed by atoms with Crippen molar-refractivity contribution in [2.45, 2.75) is 44.2 Å². The molecule has 0 unspecified atom stereocenters. The molecule has 6 heteroatoms. The van der Waals surface area contributed by atoms with Gasteiger partial charge in [0.1, 0.15) is 5.82 Å². The number of carbonyl (C=O) groups is 1. The number of thioether (sulfide) groups is 1. The van der Waals surface area contributed by atoms with Gasteiger partial charge >= 0.3 is 0 Å². The molecule has 114 valence electrons. The van der Waals surface area contributed by atoms with Crippen molar-refractivity contribution in [3.63, 3.8) is 0 Å². The Morgan fingerprint density at radius 3 is 3.00 bits per heavy atom. The molecule has 1 aromatic heterocycles. The number of nitrogens with zero attached hydrogens (tertiary/aromatic N) is 2. The normalized spacial score (nSPS) is 14.6. The molecule has 1 aliphatic carbocycles. The lowest BCUT2D eigenvalue weighted by Crippen LogP contribution is -2.26. The van der Waals surface area contributed by atoms with Gasteiger partial charge in [0.25, 0.3) is 0 Å². The quantitative estimate of drug-likeness (QED) is 0.479. The van der Waals surface area contributed by atoms with Gasteiger partial charge in [-0.2, -0.15) is 0 Å². The van der Waals surface area contributed by atoms with Crippen LogP contribution in [0.25, 0.3) is 0 Å². The number of aryl methyl sites for hydroxylation is 1. The molecular formula is C15H22N4OS. The number of nitrogens with one attached hydrogen (secondary N) is 1. The van der Waals surface area contributed by atoms with Crippen molar-refractivity contribution in [3.8, 4) is 0 Å². The highest BCUT2D eigenvalue weighted by Crippen LogP contribution is 2.19. The summed E-state index contributed by atoms with van der Waals surface area (Å²) in [6.07, 6.45) is 8.22. The molecule has 1 aromatic rings. The van der Waals surface area contributed by atoms with E-state index < -0.39 is 0 Å². The molecule has 5 nitrogen and oxygen atoms in total. The van der Waals surface area contributed by atoms with Crippen molar-refractivity contribution in [2.24, 2.45) is 0 Å². The van der Waals surface area contributed by atoms with Gasteiger partial charge in [0.05, 0.1) is 5.75 Å². The maximum Gasteiger partial charge on any atom is 0.230 e. The molecule has 0 aromatic carbocycles.